The molecular formula is C14H20ClNO3S. The van der Waals surface area contributed by atoms with Crippen LogP contribution in [-0.4, -0.2) is 25.7 Å². The Bertz CT molecular complexity index is 548. The summed E-state index contributed by atoms with van der Waals surface area (Å²) >= 11 is 5.74. The molecule has 0 heterocycles. The van der Waals surface area contributed by atoms with E-state index in [4.69, 9.17) is 11.6 Å². The maximum atomic E-state index is 12.1. The van der Waals surface area contributed by atoms with Crippen LogP contribution in [-0.2, 0) is 10.0 Å². The Morgan fingerprint density at radius 1 is 1.30 bits per heavy atom. The third-order valence-electron chi connectivity index (χ3n) is 3.92. The van der Waals surface area contributed by atoms with Gasteiger partial charge in [-0.2, -0.15) is 0 Å². The molecule has 6 heteroatoms. The molecule has 0 saturated heterocycles. The highest BCUT2D eigenvalue weighted by molar-refractivity contribution is 7.89. The molecule has 0 aliphatic heterocycles. The van der Waals surface area contributed by atoms with Crippen LogP contribution in [0.4, 0.5) is 0 Å². The molecule has 0 radical (unpaired) electrons. The minimum atomic E-state index is -3.60. The molecule has 0 aromatic heterocycles. The summed E-state index contributed by atoms with van der Waals surface area (Å²) in [6, 6.07) is 5.98. The quantitative estimate of drug-likeness (QED) is 0.897. The van der Waals surface area contributed by atoms with E-state index in [0.29, 0.717) is 23.8 Å². The first-order chi connectivity index (χ1) is 9.31. The monoisotopic (exact) mass is 317 g/mol. The highest BCUT2D eigenvalue weighted by atomic mass is 35.5. The molecule has 1 aromatic rings. The highest BCUT2D eigenvalue weighted by Gasteiger charge is 2.33. The Kier molecular flexibility index (Phi) is 4.74. The van der Waals surface area contributed by atoms with Crippen LogP contribution in [0.5, 0.6) is 0 Å². The maximum absolute atomic E-state index is 12.1. The van der Waals surface area contributed by atoms with Crippen LogP contribution in [0, 0.1) is 5.92 Å². The molecule has 2 rings (SSSR count). The van der Waals surface area contributed by atoms with E-state index in [2.05, 4.69) is 11.6 Å². The van der Waals surface area contributed by atoms with Gasteiger partial charge in [-0.1, -0.05) is 18.5 Å². The summed E-state index contributed by atoms with van der Waals surface area (Å²) < 4.78 is 26.8. The van der Waals surface area contributed by atoms with Crippen molar-refractivity contribution < 1.29 is 13.5 Å². The Morgan fingerprint density at radius 3 is 2.40 bits per heavy atom. The van der Waals surface area contributed by atoms with Gasteiger partial charge in [0.25, 0.3) is 0 Å². The Balaban J connectivity index is 2.00. The topological polar surface area (TPSA) is 66.4 Å². The molecule has 20 heavy (non-hydrogen) atoms. The third kappa shape index (κ3) is 3.95. The fourth-order valence-corrected chi connectivity index (χ4v) is 3.65. The van der Waals surface area contributed by atoms with Crippen LogP contribution in [0.1, 0.15) is 32.6 Å². The molecule has 0 unspecified atom stereocenters. The fourth-order valence-electron chi connectivity index (χ4n) is 2.40. The molecule has 112 valence electrons. The van der Waals surface area contributed by atoms with E-state index in [1.807, 2.05) is 0 Å². The second kappa shape index (κ2) is 6.02. The van der Waals surface area contributed by atoms with E-state index in [-0.39, 0.29) is 11.4 Å². The first-order valence-electron chi connectivity index (χ1n) is 6.78. The van der Waals surface area contributed by atoms with E-state index in [9.17, 15) is 13.5 Å². The van der Waals surface area contributed by atoms with Crippen molar-refractivity contribution in [3.63, 3.8) is 0 Å². The van der Waals surface area contributed by atoms with E-state index in [1.54, 1.807) is 0 Å². The smallest absolute Gasteiger partial charge is 0.240 e. The number of hydrogen-bond donors (Lipinski definition) is 2. The number of nitrogens with one attached hydrogen (secondary N) is 1. The van der Waals surface area contributed by atoms with E-state index in [1.165, 1.54) is 24.3 Å². The predicted octanol–water partition coefficient (Wildman–Crippen LogP) is 2.56. The van der Waals surface area contributed by atoms with Crippen LogP contribution in [0.2, 0.25) is 5.02 Å². The Morgan fingerprint density at radius 2 is 1.85 bits per heavy atom. The second-order valence-electron chi connectivity index (χ2n) is 5.69. The zero-order valence-corrected chi connectivity index (χ0v) is 13.0. The molecule has 1 saturated carbocycles. The number of halogens is 1. The van der Waals surface area contributed by atoms with Gasteiger partial charge in [0.15, 0.2) is 0 Å². The molecule has 1 aliphatic carbocycles. The minimum absolute atomic E-state index is 0.0602. The molecule has 0 amide bonds. The van der Waals surface area contributed by atoms with Crippen molar-refractivity contribution in [3.05, 3.63) is 29.3 Å². The van der Waals surface area contributed by atoms with Crippen LogP contribution >= 0.6 is 11.6 Å². The van der Waals surface area contributed by atoms with E-state index < -0.39 is 15.6 Å². The van der Waals surface area contributed by atoms with Gasteiger partial charge >= 0.3 is 0 Å². The lowest BCUT2D eigenvalue weighted by molar-refractivity contribution is -0.00182. The maximum Gasteiger partial charge on any atom is 0.240 e. The van der Waals surface area contributed by atoms with Crippen molar-refractivity contribution in [2.45, 2.75) is 43.1 Å². The molecule has 1 fully saturated rings. The van der Waals surface area contributed by atoms with E-state index >= 15 is 0 Å². The van der Waals surface area contributed by atoms with Crippen molar-refractivity contribution in [1.82, 2.24) is 4.72 Å². The van der Waals surface area contributed by atoms with Gasteiger partial charge < -0.3 is 5.11 Å². The average molecular weight is 318 g/mol. The first kappa shape index (κ1) is 15.8. The van der Waals surface area contributed by atoms with Gasteiger partial charge in [0.1, 0.15) is 0 Å². The molecule has 4 nitrogen and oxygen atoms in total. The zero-order chi connectivity index (χ0) is 14.8. The van der Waals surface area contributed by atoms with Gasteiger partial charge in [0, 0.05) is 11.6 Å². The number of aliphatic hydroxyl groups is 1. The molecular weight excluding hydrogens is 298 g/mol. The van der Waals surface area contributed by atoms with Crippen molar-refractivity contribution >= 4 is 21.6 Å². The standard InChI is InChI=1S/C14H20ClNO3S/c1-11-6-8-14(17,9-7-11)10-16-20(18,19)13-4-2-12(15)3-5-13/h2-5,11,16-17H,6-10H2,1H3. The summed E-state index contributed by atoms with van der Waals surface area (Å²) in [6.07, 6.45) is 3.13. The zero-order valence-electron chi connectivity index (χ0n) is 11.5. The molecule has 0 bridgehead atoms. The average Bonchev–Trinajstić information content (AvgIpc) is 2.41. The largest absolute Gasteiger partial charge is 0.389 e. The minimum Gasteiger partial charge on any atom is -0.389 e. The number of hydrogen-bond acceptors (Lipinski definition) is 3. The number of sulfonamides is 1. The molecule has 0 atom stereocenters. The summed E-state index contributed by atoms with van der Waals surface area (Å²) in [7, 11) is -3.60. The van der Waals surface area contributed by atoms with Crippen LogP contribution in [0.3, 0.4) is 0 Å². The lowest BCUT2D eigenvalue weighted by Gasteiger charge is -2.34. The number of benzene rings is 1. The molecule has 1 aromatic carbocycles. The molecule has 1 aliphatic rings. The van der Waals surface area contributed by atoms with Gasteiger partial charge in [-0.25, -0.2) is 13.1 Å². The summed E-state index contributed by atoms with van der Waals surface area (Å²) in [6.45, 7) is 2.21. The third-order valence-corrected chi connectivity index (χ3v) is 5.59. The summed E-state index contributed by atoms with van der Waals surface area (Å²) in [5, 5.41) is 10.9. The van der Waals surface area contributed by atoms with Crippen molar-refractivity contribution in [2.75, 3.05) is 6.54 Å². The fraction of sp³-hybridized carbons (Fsp3) is 0.571. The van der Waals surface area contributed by atoms with Gasteiger partial charge in [-0.15, -0.1) is 0 Å². The van der Waals surface area contributed by atoms with Crippen molar-refractivity contribution in [3.8, 4) is 0 Å². The summed E-state index contributed by atoms with van der Waals surface area (Å²) in [4.78, 5) is 0.162. The lowest BCUT2D eigenvalue weighted by Crippen LogP contribution is -2.45. The van der Waals surface area contributed by atoms with E-state index in [0.717, 1.165) is 12.8 Å². The normalized spacial score (nSPS) is 27.4. The Hall–Kier alpha value is -0.620. The molecule has 2 N–H and O–H groups in total. The second-order valence-corrected chi connectivity index (χ2v) is 7.89. The van der Waals surface area contributed by atoms with Gasteiger partial charge in [-0.05, 0) is 55.9 Å². The van der Waals surface area contributed by atoms with Gasteiger partial charge in [-0.3, -0.25) is 0 Å². The van der Waals surface area contributed by atoms with Gasteiger partial charge in [0.2, 0.25) is 10.0 Å². The summed E-state index contributed by atoms with van der Waals surface area (Å²) in [5.74, 6) is 0.600. The van der Waals surface area contributed by atoms with Gasteiger partial charge in [0.05, 0.1) is 10.5 Å². The lowest BCUT2D eigenvalue weighted by atomic mass is 9.80. The highest BCUT2D eigenvalue weighted by Crippen LogP contribution is 2.31. The first-order valence-corrected chi connectivity index (χ1v) is 8.64. The summed E-state index contributed by atoms with van der Waals surface area (Å²) in [5.41, 5.74) is -0.925. The number of rotatable bonds is 4. The molecule has 0 spiro atoms. The van der Waals surface area contributed by atoms with Crippen molar-refractivity contribution in [2.24, 2.45) is 5.92 Å². The van der Waals surface area contributed by atoms with Crippen LogP contribution in [0.15, 0.2) is 29.2 Å². The van der Waals surface area contributed by atoms with Crippen LogP contribution < -0.4 is 4.72 Å². The Labute approximate surface area is 125 Å². The van der Waals surface area contributed by atoms with Crippen molar-refractivity contribution in [1.29, 1.82) is 0 Å². The van der Waals surface area contributed by atoms with Crippen LogP contribution in [0.25, 0.3) is 0 Å². The predicted molar refractivity (Wildman–Crippen MR) is 79.2 cm³/mol. The SMILES string of the molecule is CC1CCC(O)(CNS(=O)(=O)c2ccc(Cl)cc2)CC1.